The maximum Gasteiger partial charge on any atom is 0.355 e. The predicted molar refractivity (Wildman–Crippen MR) is 112 cm³/mol. The van der Waals surface area contributed by atoms with Crippen LogP contribution in [-0.2, 0) is 41.2 Å². The number of fused-ring (bicyclic) bond motifs is 2. The molecular formula is C20H22N4O3S2. The number of urea groups is 1. The first kappa shape index (κ1) is 19.9. The number of nitrogens with one attached hydrogen (secondary N) is 2. The topological polar surface area (TPSA) is 115 Å². The van der Waals surface area contributed by atoms with Gasteiger partial charge in [-0.1, -0.05) is 6.07 Å². The molecule has 7 nitrogen and oxygen atoms in total. The van der Waals surface area contributed by atoms with Crippen LogP contribution in [0.15, 0.2) is 26.1 Å². The average molecular weight is 431 g/mol. The van der Waals surface area contributed by atoms with E-state index in [1.165, 1.54) is 17.2 Å². The summed E-state index contributed by atoms with van der Waals surface area (Å²) in [6.45, 7) is 3.21. The Hall–Kier alpha value is -2.41. The molecule has 0 saturated carbocycles. The van der Waals surface area contributed by atoms with Crippen molar-refractivity contribution in [1.29, 1.82) is 5.26 Å². The molecule has 152 valence electrons. The van der Waals surface area contributed by atoms with E-state index in [2.05, 4.69) is 20.5 Å². The lowest BCUT2D eigenvalue weighted by molar-refractivity contribution is 0.0789. The van der Waals surface area contributed by atoms with Crippen LogP contribution in [0.4, 0.5) is 10.5 Å². The van der Waals surface area contributed by atoms with E-state index < -0.39 is 21.5 Å². The van der Waals surface area contributed by atoms with Gasteiger partial charge in [-0.05, 0) is 85.2 Å². The summed E-state index contributed by atoms with van der Waals surface area (Å²) in [6.07, 6.45) is 6.52. The largest absolute Gasteiger partial charge is 0.386 e. The van der Waals surface area contributed by atoms with E-state index in [-0.39, 0.29) is 4.21 Å². The van der Waals surface area contributed by atoms with E-state index in [0.29, 0.717) is 5.56 Å². The Morgan fingerprint density at radius 2 is 1.97 bits per heavy atom. The molecule has 1 atom stereocenters. The quantitative estimate of drug-likeness (QED) is 0.508. The highest BCUT2D eigenvalue weighted by Crippen LogP contribution is 2.39. The molecule has 0 unspecified atom stereocenters. The van der Waals surface area contributed by atoms with Crippen LogP contribution in [0.25, 0.3) is 0 Å². The number of rotatable bonds is 4. The number of nitrogens with zero attached hydrogens (tertiary/aromatic N) is 2. The van der Waals surface area contributed by atoms with Crippen LogP contribution in [0.5, 0.6) is 0 Å². The van der Waals surface area contributed by atoms with E-state index in [9.17, 15) is 14.1 Å². The summed E-state index contributed by atoms with van der Waals surface area (Å²) in [4.78, 5) is 12.7. The highest BCUT2D eigenvalue weighted by Gasteiger charge is 2.28. The standard InChI is InChI=1S/C20H22N4O3S2/c1-20(2,26)14-9-17(28-10-14)29(27,22-11-21)24-19(25)23-18-15-5-3-4-12(15)8-13-6-7-16(13)18/h8-10,26H,3-7H2,1-2H3,(H2,22,23,24,25,27)/t29-/m0/s1. The monoisotopic (exact) mass is 430 g/mol. The summed E-state index contributed by atoms with van der Waals surface area (Å²) in [7, 11) is -3.49. The first-order valence-corrected chi connectivity index (χ1v) is 11.8. The van der Waals surface area contributed by atoms with Gasteiger partial charge in [0.2, 0.25) is 0 Å². The molecule has 2 aliphatic carbocycles. The van der Waals surface area contributed by atoms with Crippen LogP contribution < -0.4 is 10.0 Å². The zero-order valence-corrected chi connectivity index (χ0v) is 17.9. The minimum absolute atomic E-state index is 0.220. The fourth-order valence-electron chi connectivity index (χ4n) is 3.80. The van der Waals surface area contributed by atoms with Gasteiger partial charge >= 0.3 is 6.03 Å². The molecule has 0 radical (unpaired) electrons. The van der Waals surface area contributed by atoms with Crippen molar-refractivity contribution in [2.45, 2.75) is 55.8 Å². The second kappa shape index (κ2) is 7.13. The molecule has 4 rings (SSSR count). The molecule has 2 aromatic rings. The van der Waals surface area contributed by atoms with Gasteiger partial charge in [0.05, 0.1) is 5.60 Å². The fourth-order valence-corrected chi connectivity index (χ4v) is 6.43. The van der Waals surface area contributed by atoms with Gasteiger partial charge in [-0.15, -0.1) is 15.7 Å². The third-order valence-electron chi connectivity index (χ3n) is 5.43. The van der Waals surface area contributed by atoms with Crippen molar-refractivity contribution < 1.29 is 14.1 Å². The summed E-state index contributed by atoms with van der Waals surface area (Å²) in [5.74, 6) is 0. The Kier molecular flexibility index (Phi) is 4.89. The summed E-state index contributed by atoms with van der Waals surface area (Å²) in [5.41, 5.74) is 5.02. The lowest BCUT2D eigenvalue weighted by atomic mass is 9.83. The Morgan fingerprint density at radius 1 is 1.24 bits per heavy atom. The normalized spacial score (nSPS) is 16.6. The lowest BCUT2D eigenvalue weighted by Gasteiger charge is -2.25. The molecule has 1 heterocycles. The van der Waals surface area contributed by atoms with Crippen LogP contribution in [0.3, 0.4) is 0 Å². The molecule has 29 heavy (non-hydrogen) atoms. The molecule has 2 aliphatic rings. The number of amides is 2. The minimum atomic E-state index is -3.49. The van der Waals surface area contributed by atoms with Crippen molar-refractivity contribution in [2.75, 3.05) is 5.32 Å². The molecular weight excluding hydrogens is 408 g/mol. The van der Waals surface area contributed by atoms with Gasteiger partial charge in [0, 0.05) is 5.69 Å². The number of hydrogen-bond donors (Lipinski definition) is 3. The summed E-state index contributed by atoms with van der Waals surface area (Å²) >= 11 is 1.09. The highest BCUT2D eigenvalue weighted by atomic mass is 32.2. The Balaban J connectivity index is 1.69. The molecule has 0 aliphatic heterocycles. The Morgan fingerprint density at radius 3 is 2.59 bits per heavy atom. The van der Waals surface area contributed by atoms with Crippen molar-refractivity contribution in [3.8, 4) is 6.19 Å². The maximum absolute atomic E-state index is 13.3. The SMILES string of the molecule is CC(C)(O)c1csc([S@@](=O)(=NC(=O)Nc2c3c(cc4c2CC4)CCC3)NC#N)c1. The first-order valence-electron chi connectivity index (χ1n) is 9.43. The number of aliphatic hydroxyl groups is 1. The molecule has 0 fully saturated rings. The maximum atomic E-state index is 13.3. The Labute approximate surface area is 174 Å². The van der Waals surface area contributed by atoms with Crippen LogP contribution in [0.2, 0.25) is 0 Å². The van der Waals surface area contributed by atoms with Crippen LogP contribution in [0.1, 0.15) is 48.1 Å². The summed E-state index contributed by atoms with van der Waals surface area (Å²) in [6, 6.07) is 3.00. The van der Waals surface area contributed by atoms with Gasteiger partial charge < -0.3 is 10.4 Å². The molecule has 2 amide bonds. The van der Waals surface area contributed by atoms with Gasteiger partial charge in [0.15, 0.2) is 16.1 Å². The van der Waals surface area contributed by atoms with Crippen molar-refractivity contribution >= 4 is 33.0 Å². The van der Waals surface area contributed by atoms with Gasteiger partial charge in [-0.25, -0.2) is 13.7 Å². The number of thiophene rings is 1. The molecule has 9 heteroatoms. The van der Waals surface area contributed by atoms with E-state index in [1.54, 1.807) is 25.4 Å². The molecule has 0 spiro atoms. The van der Waals surface area contributed by atoms with E-state index >= 15 is 0 Å². The zero-order chi connectivity index (χ0) is 20.8. The average Bonchev–Trinajstić information content (AvgIpc) is 3.26. The predicted octanol–water partition coefficient (Wildman–Crippen LogP) is 3.61. The molecule has 1 aromatic carbocycles. The van der Waals surface area contributed by atoms with Crippen LogP contribution in [0, 0.1) is 11.5 Å². The smallest absolute Gasteiger partial charge is 0.355 e. The fraction of sp³-hybridized carbons (Fsp3) is 0.400. The van der Waals surface area contributed by atoms with E-state index in [4.69, 9.17) is 5.26 Å². The lowest BCUT2D eigenvalue weighted by Crippen LogP contribution is -2.23. The number of hydrogen-bond acceptors (Lipinski definition) is 5. The Bertz CT molecular complexity index is 1160. The van der Waals surface area contributed by atoms with Crippen LogP contribution >= 0.6 is 11.3 Å². The van der Waals surface area contributed by atoms with Crippen molar-refractivity contribution in [1.82, 2.24) is 4.72 Å². The number of aryl methyl sites for hydroxylation is 2. The number of carbonyl (C=O) groups excluding carboxylic acids is 1. The van der Waals surface area contributed by atoms with Crippen LogP contribution in [-0.4, -0.2) is 15.3 Å². The van der Waals surface area contributed by atoms with Gasteiger partial charge in [0.25, 0.3) is 0 Å². The third kappa shape index (κ3) is 3.64. The highest BCUT2D eigenvalue weighted by molar-refractivity contribution is 7.94. The van der Waals surface area contributed by atoms with E-state index in [0.717, 1.165) is 60.3 Å². The number of carbonyl (C=O) groups is 1. The summed E-state index contributed by atoms with van der Waals surface area (Å²) < 4.78 is 19.6. The molecule has 3 N–H and O–H groups in total. The second-order valence-corrected chi connectivity index (χ2v) is 10.9. The number of nitriles is 1. The number of anilines is 1. The van der Waals surface area contributed by atoms with Gasteiger partial charge in [-0.3, -0.25) is 0 Å². The zero-order valence-electron chi connectivity index (χ0n) is 16.2. The molecule has 1 aromatic heterocycles. The van der Waals surface area contributed by atoms with Crippen molar-refractivity contribution in [3.05, 3.63) is 45.3 Å². The third-order valence-corrected chi connectivity index (χ3v) is 8.57. The number of benzene rings is 1. The van der Waals surface area contributed by atoms with Crippen molar-refractivity contribution in [2.24, 2.45) is 4.36 Å². The molecule has 0 saturated heterocycles. The van der Waals surface area contributed by atoms with E-state index in [1.807, 2.05) is 0 Å². The second-order valence-electron chi connectivity index (χ2n) is 7.86. The minimum Gasteiger partial charge on any atom is -0.386 e. The van der Waals surface area contributed by atoms with Gasteiger partial charge in [-0.2, -0.15) is 5.26 Å². The first-order chi connectivity index (χ1) is 13.7. The molecule has 0 bridgehead atoms. The van der Waals surface area contributed by atoms with Crippen molar-refractivity contribution in [3.63, 3.8) is 0 Å². The van der Waals surface area contributed by atoms with Gasteiger partial charge in [0.1, 0.15) is 4.21 Å². The summed E-state index contributed by atoms with van der Waals surface area (Å²) in [5, 5.41) is 23.7.